The van der Waals surface area contributed by atoms with Crippen molar-refractivity contribution >= 4 is 43.5 Å². The van der Waals surface area contributed by atoms with Crippen molar-refractivity contribution in [3.8, 4) is 0 Å². The number of aliphatic hydroxyl groups is 1. The molecule has 1 heterocycles. The van der Waals surface area contributed by atoms with Crippen LogP contribution in [-0.4, -0.2) is 13.6 Å². The fourth-order valence-electron chi connectivity index (χ4n) is 0.738. The SMILES string of the molecule is OC(c1ccc(Cl)nc1)C(F)(Br)Br. The second kappa shape index (κ2) is 4.21. The van der Waals surface area contributed by atoms with Crippen LogP contribution in [0.4, 0.5) is 4.39 Å². The largest absolute Gasteiger partial charge is 0.383 e. The Morgan fingerprint density at radius 2 is 2.15 bits per heavy atom. The first-order chi connectivity index (χ1) is 5.91. The van der Waals surface area contributed by atoms with Crippen LogP contribution in [0.1, 0.15) is 11.7 Å². The highest BCUT2D eigenvalue weighted by molar-refractivity contribution is 9.25. The van der Waals surface area contributed by atoms with Gasteiger partial charge in [0.15, 0.2) is 0 Å². The number of aromatic nitrogens is 1. The third-order valence-corrected chi connectivity index (χ3v) is 2.47. The van der Waals surface area contributed by atoms with E-state index in [1.54, 1.807) is 0 Å². The first kappa shape index (κ1) is 11.4. The third-order valence-electron chi connectivity index (χ3n) is 1.38. The molecule has 0 aliphatic heterocycles. The van der Waals surface area contributed by atoms with Crippen molar-refractivity contribution in [1.82, 2.24) is 4.98 Å². The lowest BCUT2D eigenvalue weighted by Crippen LogP contribution is -2.16. The van der Waals surface area contributed by atoms with Crippen molar-refractivity contribution in [2.24, 2.45) is 0 Å². The van der Waals surface area contributed by atoms with Crippen molar-refractivity contribution < 1.29 is 9.50 Å². The summed E-state index contributed by atoms with van der Waals surface area (Å²) in [5.74, 6) is 0. The first-order valence-corrected chi connectivity index (χ1v) is 5.24. The number of pyridine rings is 1. The zero-order valence-electron chi connectivity index (χ0n) is 6.22. The molecule has 0 spiro atoms. The fraction of sp³-hybridized carbons (Fsp3) is 0.286. The Labute approximate surface area is 96.4 Å². The fourth-order valence-corrected chi connectivity index (χ4v) is 1.38. The average Bonchev–Trinajstić information content (AvgIpc) is 2.03. The highest BCUT2D eigenvalue weighted by Crippen LogP contribution is 2.40. The van der Waals surface area contributed by atoms with Crippen molar-refractivity contribution in [3.05, 3.63) is 29.0 Å². The zero-order chi connectivity index (χ0) is 10.1. The quantitative estimate of drug-likeness (QED) is 0.666. The van der Waals surface area contributed by atoms with E-state index in [1.165, 1.54) is 18.3 Å². The van der Waals surface area contributed by atoms with Crippen molar-refractivity contribution in [3.63, 3.8) is 0 Å². The van der Waals surface area contributed by atoms with Gasteiger partial charge in [0.2, 0.25) is 3.49 Å². The van der Waals surface area contributed by atoms with Crippen LogP contribution in [0.15, 0.2) is 18.3 Å². The molecule has 0 bridgehead atoms. The molecule has 0 aromatic carbocycles. The van der Waals surface area contributed by atoms with Gasteiger partial charge in [-0.05, 0) is 37.9 Å². The monoisotopic (exact) mass is 331 g/mol. The predicted molar refractivity (Wildman–Crippen MR) is 55.9 cm³/mol. The minimum absolute atomic E-state index is 0.296. The van der Waals surface area contributed by atoms with Crippen LogP contribution >= 0.6 is 43.5 Å². The topological polar surface area (TPSA) is 33.1 Å². The predicted octanol–water partition coefficient (Wildman–Crippen LogP) is 3.18. The van der Waals surface area contributed by atoms with E-state index in [9.17, 15) is 9.50 Å². The summed E-state index contributed by atoms with van der Waals surface area (Å²) < 4.78 is 11.0. The summed E-state index contributed by atoms with van der Waals surface area (Å²) in [6, 6.07) is 2.97. The normalized spacial score (nSPS) is 14.2. The zero-order valence-corrected chi connectivity index (χ0v) is 10.1. The van der Waals surface area contributed by atoms with E-state index in [0.717, 1.165) is 0 Å². The number of nitrogens with zero attached hydrogens (tertiary/aromatic N) is 1. The number of halogens is 4. The van der Waals surface area contributed by atoms with Crippen LogP contribution in [0.5, 0.6) is 0 Å². The molecule has 13 heavy (non-hydrogen) atoms. The minimum Gasteiger partial charge on any atom is -0.383 e. The van der Waals surface area contributed by atoms with Crippen molar-refractivity contribution in [2.75, 3.05) is 0 Å². The van der Waals surface area contributed by atoms with E-state index in [2.05, 4.69) is 36.8 Å². The van der Waals surface area contributed by atoms with Gasteiger partial charge in [0.25, 0.3) is 0 Å². The molecule has 0 saturated heterocycles. The standard InChI is InChI=1S/C7H5Br2ClFNO/c8-7(9,11)6(13)4-1-2-5(10)12-3-4/h1-3,6,13H. The van der Waals surface area contributed by atoms with E-state index >= 15 is 0 Å². The Hall–Kier alpha value is 0.290. The molecule has 1 unspecified atom stereocenters. The maximum atomic E-state index is 13.1. The molecule has 0 amide bonds. The molecule has 1 N–H and O–H groups in total. The second-order valence-electron chi connectivity index (χ2n) is 2.36. The number of rotatable bonds is 2. The summed E-state index contributed by atoms with van der Waals surface area (Å²) in [4.78, 5) is 3.71. The van der Waals surface area contributed by atoms with Crippen LogP contribution in [0.25, 0.3) is 0 Å². The molecule has 72 valence electrons. The summed E-state index contributed by atoms with van der Waals surface area (Å²) in [7, 11) is 0. The maximum Gasteiger partial charge on any atom is 0.248 e. The van der Waals surface area contributed by atoms with Gasteiger partial charge in [0, 0.05) is 11.8 Å². The Bertz CT molecular complexity index is 288. The molecule has 0 radical (unpaired) electrons. The summed E-state index contributed by atoms with van der Waals surface area (Å²) in [6.07, 6.45) is -0.0265. The lowest BCUT2D eigenvalue weighted by atomic mass is 10.2. The van der Waals surface area contributed by atoms with E-state index in [0.29, 0.717) is 10.7 Å². The van der Waals surface area contributed by atoms with Crippen LogP contribution in [0.2, 0.25) is 5.15 Å². The molecule has 1 atom stereocenters. The molecule has 0 fully saturated rings. The van der Waals surface area contributed by atoms with Crippen LogP contribution in [0, 0.1) is 0 Å². The van der Waals surface area contributed by atoms with E-state index in [4.69, 9.17) is 11.6 Å². The molecule has 6 heteroatoms. The minimum atomic E-state index is -2.05. The second-order valence-corrected chi connectivity index (χ2v) is 6.12. The molecular weight excluding hydrogens is 328 g/mol. The number of aliphatic hydroxyl groups excluding tert-OH is 1. The van der Waals surface area contributed by atoms with Gasteiger partial charge < -0.3 is 5.11 Å². The summed E-state index contributed by atoms with van der Waals surface area (Å²) >= 11 is 10.8. The Morgan fingerprint density at radius 3 is 2.54 bits per heavy atom. The number of hydrogen-bond acceptors (Lipinski definition) is 2. The Morgan fingerprint density at radius 1 is 1.54 bits per heavy atom. The van der Waals surface area contributed by atoms with Gasteiger partial charge in [0.05, 0.1) is 0 Å². The van der Waals surface area contributed by atoms with Crippen molar-refractivity contribution in [1.29, 1.82) is 0 Å². The Balaban J connectivity index is 2.90. The third kappa shape index (κ3) is 3.16. The van der Waals surface area contributed by atoms with Gasteiger partial charge in [-0.2, -0.15) is 0 Å². The molecule has 0 aliphatic carbocycles. The highest BCUT2D eigenvalue weighted by Gasteiger charge is 2.33. The van der Waals surface area contributed by atoms with Crippen LogP contribution < -0.4 is 0 Å². The lowest BCUT2D eigenvalue weighted by Gasteiger charge is -2.17. The average molecular weight is 333 g/mol. The van der Waals surface area contributed by atoms with Gasteiger partial charge in [-0.15, -0.1) is 0 Å². The summed E-state index contributed by atoms with van der Waals surface area (Å²) in [6.45, 7) is 0. The summed E-state index contributed by atoms with van der Waals surface area (Å²) in [5, 5.41) is 9.69. The smallest absolute Gasteiger partial charge is 0.248 e. The van der Waals surface area contributed by atoms with E-state index < -0.39 is 9.59 Å². The van der Waals surface area contributed by atoms with Gasteiger partial charge in [0.1, 0.15) is 11.3 Å². The molecule has 2 nitrogen and oxygen atoms in total. The van der Waals surface area contributed by atoms with Gasteiger partial charge >= 0.3 is 0 Å². The first-order valence-electron chi connectivity index (χ1n) is 3.27. The molecule has 1 aromatic heterocycles. The van der Waals surface area contributed by atoms with E-state index in [-0.39, 0.29) is 0 Å². The van der Waals surface area contributed by atoms with Crippen LogP contribution in [-0.2, 0) is 0 Å². The van der Waals surface area contributed by atoms with Gasteiger partial charge in [-0.3, -0.25) is 0 Å². The number of hydrogen-bond donors (Lipinski definition) is 1. The molecule has 1 aromatic rings. The van der Waals surface area contributed by atoms with Gasteiger partial charge in [-0.1, -0.05) is 17.7 Å². The maximum absolute atomic E-state index is 13.1. The van der Waals surface area contributed by atoms with Crippen LogP contribution in [0.3, 0.4) is 0 Å². The molecule has 1 rings (SSSR count). The molecule has 0 aliphatic rings. The van der Waals surface area contributed by atoms with Gasteiger partial charge in [-0.25, -0.2) is 9.37 Å². The lowest BCUT2D eigenvalue weighted by molar-refractivity contribution is 0.114. The van der Waals surface area contributed by atoms with E-state index in [1.807, 2.05) is 0 Å². The summed E-state index contributed by atoms with van der Waals surface area (Å²) in [5.41, 5.74) is 0.334. The Kier molecular flexibility index (Phi) is 3.68. The molecular formula is C7H5Br2ClFNO. The molecule has 0 saturated carbocycles. The number of alkyl halides is 3. The highest BCUT2D eigenvalue weighted by atomic mass is 79.9. The van der Waals surface area contributed by atoms with Crippen molar-refractivity contribution in [2.45, 2.75) is 9.59 Å².